The molecule has 7 aromatic rings. The van der Waals surface area contributed by atoms with Crippen LogP contribution in [0.5, 0.6) is 0 Å². The van der Waals surface area contributed by atoms with Gasteiger partial charge in [0, 0.05) is 23.3 Å². The Bertz CT molecular complexity index is 1840. The van der Waals surface area contributed by atoms with Crippen molar-refractivity contribution in [1.29, 1.82) is 0 Å². The van der Waals surface area contributed by atoms with Crippen LogP contribution in [0.2, 0.25) is 0 Å². The van der Waals surface area contributed by atoms with E-state index in [-0.39, 0.29) is 0 Å². The Balaban J connectivity index is 1.70. The fourth-order valence-corrected chi connectivity index (χ4v) is 6.00. The molecule has 0 bridgehead atoms. The molecule has 36 heavy (non-hydrogen) atoms. The summed E-state index contributed by atoms with van der Waals surface area (Å²) >= 11 is 6.21. The molecular formula is C34H25ClN+. The maximum atomic E-state index is 6.21. The van der Waals surface area contributed by atoms with Gasteiger partial charge in [-0.15, -0.1) is 11.6 Å². The summed E-state index contributed by atoms with van der Waals surface area (Å²) in [5, 5.41) is 10.5. The second kappa shape index (κ2) is 8.62. The Morgan fingerprint density at radius 3 is 1.94 bits per heavy atom. The minimum atomic E-state index is 0.637. The Morgan fingerprint density at radius 1 is 0.556 bits per heavy atom. The topological polar surface area (TPSA) is 3.88 Å². The molecule has 0 N–H and O–H groups in total. The molecule has 0 spiro atoms. The van der Waals surface area contributed by atoms with Crippen LogP contribution in [-0.2, 0) is 6.54 Å². The first-order chi connectivity index (χ1) is 17.8. The van der Waals surface area contributed by atoms with Gasteiger partial charge in [0.1, 0.15) is 6.54 Å². The molecule has 172 valence electrons. The lowest BCUT2D eigenvalue weighted by atomic mass is 9.87. The number of hydrogen-bond acceptors (Lipinski definition) is 0. The van der Waals surface area contributed by atoms with Crippen LogP contribution in [0.25, 0.3) is 65.5 Å². The summed E-state index contributed by atoms with van der Waals surface area (Å²) in [5.74, 6) is 0.637. The van der Waals surface area contributed by atoms with E-state index in [1.807, 2.05) is 0 Å². The van der Waals surface area contributed by atoms with E-state index in [9.17, 15) is 0 Å². The van der Waals surface area contributed by atoms with E-state index >= 15 is 0 Å². The molecule has 7 rings (SSSR count). The molecule has 1 aromatic heterocycles. The van der Waals surface area contributed by atoms with Gasteiger partial charge in [0.25, 0.3) is 0 Å². The number of aryl methyl sites for hydroxylation is 1. The van der Waals surface area contributed by atoms with Crippen molar-refractivity contribution in [3.8, 4) is 22.4 Å². The molecule has 0 atom stereocenters. The van der Waals surface area contributed by atoms with Crippen molar-refractivity contribution >= 4 is 54.7 Å². The fraction of sp³-hybridized carbons (Fsp3) is 0.0882. The molecule has 0 amide bonds. The van der Waals surface area contributed by atoms with Crippen LogP contribution in [0.1, 0.15) is 6.42 Å². The highest BCUT2D eigenvalue weighted by molar-refractivity contribution is 6.30. The van der Waals surface area contributed by atoms with Crippen molar-refractivity contribution in [1.82, 2.24) is 0 Å². The minimum absolute atomic E-state index is 0.637. The van der Waals surface area contributed by atoms with Crippen molar-refractivity contribution in [2.75, 3.05) is 5.88 Å². The van der Waals surface area contributed by atoms with Crippen LogP contribution in [0.15, 0.2) is 115 Å². The maximum absolute atomic E-state index is 6.21. The summed E-state index contributed by atoms with van der Waals surface area (Å²) < 4.78 is 2.43. The molecule has 0 saturated carbocycles. The number of fused-ring (bicyclic) bond motifs is 2. The zero-order valence-corrected chi connectivity index (χ0v) is 20.7. The van der Waals surface area contributed by atoms with Gasteiger partial charge in [-0.05, 0) is 56.1 Å². The van der Waals surface area contributed by atoms with Gasteiger partial charge in [0.2, 0.25) is 5.69 Å². The van der Waals surface area contributed by atoms with E-state index in [4.69, 9.17) is 11.6 Å². The average Bonchev–Trinajstić information content (AvgIpc) is 2.94. The Hall–Kier alpha value is -3.94. The van der Waals surface area contributed by atoms with Crippen LogP contribution in [-0.4, -0.2) is 5.88 Å². The van der Waals surface area contributed by atoms with Crippen LogP contribution in [0, 0.1) is 0 Å². The SMILES string of the molecule is ClCCC[n+]1cc2c(cc3ccc4cccc5ccc2c3c45)c(-c2ccccc2)c1-c1ccccc1. The number of pyridine rings is 1. The van der Waals surface area contributed by atoms with E-state index in [1.165, 1.54) is 65.5 Å². The number of halogens is 1. The quantitative estimate of drug-likeness (QED) is 0.0996. The third kappa shape index (κ3) is 3.27. The second-order valence-electron chi connectivity index (χ2n) is 9.51. The summed E-state index contributed by atoms with van der Waals surface area (Å²) in [7, 11) is 0. The molecule has 0 fully saturated rings. The van der Waals surface area contributed by atoms with Gasteiger partial charge in [0.15, 0.2) is 6.20 Å². The number of aromatic nitrogens is 1. The van der Waals surface area contributed by atoms with Gasteiger partial charge < -0.3 is 0 Å². The zero-order chi connectivity index (χ0) is 24.1. The molecule has 0 saturated heterocycles. The third-order valence-electron chi connectivity index (χ3n) is 7.41. The number of benzene rings is 6. The third-order valence-corrected chi connectivity index (χ3v) is 7.68. The van der Waals surface area contributed by atoms with Gasteiger partial charge in [-0.1, -0.05) is 91.0 Å². The molecule has 0 aliphatic heterocycles. The van der Waals surface area contributed by atoms with Gasteiger partial charge in [-0.3, -0.25) is 0 Å². The molecule has 0 aliphatic rings. The lowest BCUT2D eigenvalue weighted by molar-refractivity contribution is -0.684. The van der Waals surface area contributed by atoms with Gasteiger partial charge >= 0.3 is 0 Å². The highest BCUT2D eigenvalue weighted by Crippen LogP contribution is 2.43. The predicted molar refractivity (Wildman–Crippen MR) is 154 cm³/mol. The van der Waals surface area contributed by atoms with Crippen molar-refractivity contribution < 1.29 is 4.57 Å². The molecule has 0 aliphatic carbocycles. The van der Waals surface area contributed by atoms with E-state index < -0.39 is 0 Å². The number of rotatable bonds is 5. The standard InChI is InChI=1S/C34H25ClN/c35-19-8-20-36-22-30-28-18-17-25-14-7-13-24-15-16-27(32(28)31(24)25)21-29(30)33(23-9-3-1-4-10-23)34(36)26-11-5-2-6-12-26/h1-7,9-18,21-22H,8,19-20H2/q+1. The monoisotopic (exact) mass is 482 g/mol. The lowest BCUT2D eigenvalue weighted by Gasteiger charge is -2.17. The normalized spacial score (nSPS) is 11.8. The summed E-state index contributed by atoms with van der Waals surface area (Å²) in [6, 6.07) is 39.7. The number of alkyl halides is 1. The van der Waals surface area contributed by atoms with Crippen molar-refractivity contribution in [3.05, 3.63) is 115 Å². The molecule has 1 nitrogen and oxygen atoms in total. The van der Waals surface area contributed by atoms with Crippen molar-refractivity contribution in [3.63, 3.8) is 0 Å². The smallest absolute Gasteiger partial charge is 0.197 e. The average molecular weight is 483 g/mol. The highest BCUT2D eigenvalue weighted by atomic mass is 35.5. The molecule has 0 radical (unpaired) electrons. The molecule has 1 heterocycles. The van der Waals surface area contributed by atoms with Gasteiger partial charge in [-0.25, -0.2) is 0 Å². The van der Waals surface area contributed by atoms with E-state index in [0.29, 0.717) is 5.88 Å². The van der Waals surface area contributed by atoms with E-state index in [2.05, 4.69) is 120 Å². The summed E-state index contributed by atoms with van der Waals surface area (Å²) in [5.41, 5.74) is 4.97. The zero-order valence-electron chi connectivity index (χ0n) is 19.9. The highest BCUT2D eigenvalue weighted by Gasteiger charge is 2.25. The van der Waals surface area contributed by atoms with Crippen LogP contribution in [0.3, 0.4) is 0 Å². The summed E-state index contributed by atoms with van der Waals surface area (Å²) in [6.45, 7) is 0.867. The van der Waals surface area contributed by atoms with Crippen LogP contribution in [0.4, 0.5) is 0 Å². The van der Waals surface area contributed by atoms with Crippen molar-refractivity contribution in [2.24, 2.45) is 0 Å². The predicted octanol–water partition coefficient (Wildman–Crippen LogP) is 8.99. The maximum Gasteiger partial charge on any atom is 0.221 e. The summed E-state index contributed by atoms with van der Waals surface area (Å²) in [6.07, 6.45) is 3.28. The van der Waals surface area contributed by atoms with Gasteiger partial charge in [0.05, 0.1) is 10.9 Å². The first kappa shape index (κ1) is 21.4. The molecule has 2 heteroatoms. The first-order valence-electron chi connectivity index (χ1n) is 12.6. The van der Waals surface area contributed by atoms with Crippen LogP contribution >= 0.6 is 11.6 Å². The first-order valence-corrected chi connectivity index (χ1v) is 13.1. The van der Waals surface area contributed by atoms with Crippen molar-refractivity contribution in [2.45, 2.75) is 13.0 Å². The largest absolute Gasteiger partial charge is 0.221 e. The molecular weight excluding hydrogens is 458 g/mol. The Labute approximate surface area is 215 Å². The number of hydrogen-bond donors (Lipinski definition) is 0. The van der Waals surface area contributed by atoms with Gasteiger partial charge in [-0.2, -0.15) is 4.57 Å². The lowest BCUT2D eigenvalue weighted by Crippen LogP contribution is -2.37. The van der Waals surface area contributed by atoms with Crippen LogP contribution < -0.4 is 4.57 Å². The Morgan fingerprint density at radius 2 is 1.22 bits per heavy atom. The fourth-order valence-electron chi connectivity index (χ4n) is 5.88. The molecule has 0 unspecified atom stereocenters. The summed E-state index contributed by atoms with van der Waals surface area (Å²) in [4.78, 5) is 0. The number of nitrogens with zero attached hydrogens (tertiary/aromatic N) is 1. The molecule has 6 aromatic carbocycles. The van der Waals surface area contributed by atoms with E-state index in [1.54, 1.807) is 0 Å². The second-order valence-corrected chi connectivity index (χ2v) is 9.89. The minimum Gasteiger partial charge on any atom is -0.197 e. The Kier molecular flexibility index (Phi) is 5.11. The van der Waals surface area contributed by atoms with E-state index in [0.717, 1.165) is 13.0 Å².